The fourth-order valence-corrected chi connectivity index (χ4v) is 0.727. The first-order valence-electron chi connectivity index (χ1n) is 3.09. The molecule has 3 nitrogen and oxygen atoms in total. The Morgan fingerprint density at radius 3 is 2.18 bits per heavy atom. The molecule has 0 aliphatic carbocycles. The predicted octanol–water partition coefficient (Wildman–Crippen LogP) is 1.31. The second-order valence-corrected chi connectivity index (χ2v) is 2.03. The molecule has 1 aromatic rings. The maximum Gasteiger partial charge on any atom is 0.150 e. The minimum atomic E-state index is 0.611. The number of carbonyl (C=O) groups is 1. The Balaban J connectivity index is 2.91. The molecule has 0 fully saturated rings. The molecule has 1 rings (SSSR count). The average Bonchev–Trinajstić information content (AvgIpc) is 2.07. The van der Waals surface area contributed by atoms with Crippen LogP contribution in [0, 0.1) is 0 Å². The monoisotopic (exact) mass is 149 g/mol. The molecule has 0 unspecified atom stereocenters. The molecule has 0 heterocycles. The Bertz CT molecular complexity index is 264. The molecule has 0 bridgehead atoms. The lowest BCUT2D eigenvalue weighted by Gasteiger charge is -1.90. The molecule has 0 aliphatic rings. The zero-order valence-electron chi connectivity index (χ0n) is 5.77. The van der Waals surface area contributed by atoms with Crippen LogP contribution in [0.3, 0.4) is 0 Å². The highest BCUT2D eigenvalue weighted by atomic mass is 16.4. The summed E-state index contributed by atoms with van der Waals surface area (Å²) in [4.78, 5) is 10.2. The molecule has 11 heavy (non-hydrogen) atoms. The van der Waals surface area contributed by atoms with E-state index in [4.69, 9.17) is 5.21 Å². The molecular weight excluding hydrogens is 142 g/mol. The first kappa shape index (κ1) is 7.47. The van der Waals surface area contributed by atoms with Crippen molar-refractivity contribution < 1.29 is 10.0 Å². The van der Waals surface area contributed by atoms with Crippen molar-refractivity contribution in [1.29, 1.82) is 0 Å². The molecule has 0 aliphatic heterocycles. The first-order valence-corrected chi connectivity index (χ1v) is 3.09. The van der Waals surface area contributed by atoms with Crippen molar-refractivity contribution in [3.63, 3.8) is 0 Å². The standard InChI is InChI=1S/C8H7NO2/c10-6-8-3-1-7(2-4-8)5-9-11/h1-6,11H/b9-5+. The Morgan fingerprint density at radius 2 is 1.73 bits per heavy atom. The van der Waals surface area contributed by atoms with E-state index in [1.807, 2.05) is 0 Å². The number of aldehydes is 1. The van der Waals surface area contributed by atoms with Crippen LogP contribution in [0.15, 0.2) is 29.4 Å². The van der Waals surface area contributed by atoms with Gasteiger partial charge >= 0.3 is 0 Å². The summed E-state index contributed by atoms with van der Waals surface area (Å²) in [5.74, 6) is 0. The molecule has 0 aromatic heterocycles. The van der Waals surface area contributed by atoms with Crippen molar-refractivity contribution in [3.05, 3.63) is 35.4 Å². The van der Waals surface area contributed by atoms with Crippen molar-refractivity contribution in [2.24, 2.45) is 5.16 Å². The molecule has 0 radical (unpaired) electrons. The third-order valence-corrected chi connectivity index (χ3v) is 1.28. The third kappa shape index (κ3) is 1.89. The van der Waals surface area contributed by atoms with Crippen LogP contribution in [0.4, 0.5) is 0 Å². The van der Waals surface area contributed by atoms with Gasteiger partial charge in [0, 0.05) is 5.56 Å². The molecule has 0 atom stereocenters. The quantitative estimate of drug-likeness (QED) is 0.298. The van der Waals surface area contributed by atoms with Gasteiger partial charge in [-0.25, -0.2) is 0 Å². The largest absolute Gasteiger partial charge is 0.411 e. The summed E-state index contributed by atoms with van der Waals surface area (Å²) < 4.78 is 0. The van der Waals surface area contributed by atoms with Gasteiger partial charge in [0.15, 0.2) is 0 Å². The van der Waals surface area contributed by atoms with Gasteiger partial charge in [0.25, 0.3) is 0 Å². The maximum absolute atomic E-state index is 10.2. The van der Waals surface area contributed by atoms with Gasteiger partial charge in [0.05, 0.1) is 6.21 Å². The van der Waals surface area contributed by atoms with E-state index in [0.717, 1.165) is 11.8 Å². The van der Waals surface area contributed by atoms with E-state index in [-0.39, 0.29) is 0 Å². The molecule has 0 saturated heterocycles. The van der Waals surface area contributed by atoms with Gasteiger partial charge in [-0.3, -0.25) is 4.79 Å². The van der Waals surface area contributed by atoms with E-state index < -0.39 is 0 Å². The Hall–Kier alpha value is -1.64. The lowest BCUT2D eigenvalue weighted by atomic mass is 10.2. The highest BCUT2D eigenvalue weighted by Gasteiger charge is 1.88. The summed E-state index contributed by atoms with van der Waals surface area (Å²) in [6.07, 6.45) is 2.06. The minimum absolute atomic E-state index is 0.611. The third-order valence-electron chi connectivity index (χ3n) is 1.28. The van der Waals surface area contributed by atoms with Crippen LogP contribution in [0.25, 0.3) is 0 Å². The smallest absolute Gasteiger partial charge is 0.150 e. The zero-order chi connectivity index (χ0) is 8.10. The van der Waals surface area contributed by atoms with Crippen LogP contribution < -0.4 is 0 Å². The first-order chi connectivity index (χ1) is 5.36. The lowest BCUT2D eigenvalue weighted by Crippen LogP contribution is -1.82. The van der Waals surface area contributed by atoms with Gasteiger partial charge in [-0.2, -0.15) is 0 Å². The van der Waals surface area contributed by atoms with E-state index in [9.17, 15) is 4.79 Å². The fourth-order valence-electron chi connectivity index (χ4n) is 0.727. The van der Waals surface area contributed by atoms with Gasteiger partial charge in [-0.15, -0.1) is 0 Å². The van der Waals surface area contributed by atoms with Crippen molar-refractivity contribution in [1.82, 2.24) is 0 Å². The summed E-state index contributed by atoms with van der Waals surface area (Å²) in [5.41, 5.74) is 1.37. The van der Waals surface area contributed by atoms with Crippen LogP contribution in [0.2, 0.25) is 0 Å². The summed E-state index contributed by atoms with van der Waals surface area (Å²) >= 11 is 0. The number of hydrogen-bond acceptors (Lipinski definition) is 3. The number of hydrogen-bond donors (Lipinski definition) is 1. The maximum atomic E-state index is 10.2. The van der Waals surface area contributed by atoms with Crippen LogP contribution in [-0.4, -0.2) is 17.7 Å². The molecule has 0 amide bonds. The number of oxime groups is 1. The second kappa shape index (κ2) is 3.51. The van der Waals surface area contributed by atoms with E-state index in [0.29, 0.717) is 5.56 Å². The van der Waals surface area contributed by atoms with Crippen molar-refractivity contribution in [3.8, 4) is 0 Å². The average molecular weight is 149 g/mol. The number of rotatable bonds is 2. The van der Waals surface area contributed by atoms with Crippen molar-refractivity contribution in [2.75, 3.05) is 0 Å². The van der Waals surface area contributed by atoms with Gasteiger partial charge < -0.3 is 5.21 Å². The second-order valence-electron chi connectivity index (χ2n) is 2.03. The summed E-state index contributed by atoms with van der Waals surface area (Å²) in [6, 6.07) is 6.71. The molecule has 56 valence electrons. The van der Waals surface area contributed by atoms with Gasteiger partial charge in [0.2, 0.25) is 0 Å². The molecular formula is C8H7NO2. The zero-order valence-corrected chi connectivity index (χ0v) is 5.77. The minimum Gasteiger partial charge on any atom is -0.411 e. The predicted molar refractivity (Wildman–Crippen MR) is 41.2 cm³/mol. The SMILES string of the molecule is O=Cc1ccc(/C=N/O)cc1. The molecule has 3 heteroatoms. The van der Waals surface area contributed by atoms with Crippen LogP contribution >= 0.6 is 0 Å². The van der Waals surface area contributed by atoms with Crippen molar-refractivity contribution >= 4 is 12.5 Å². The Morgan fingerprint density at radius 1 is 1.18 bits per heavy atom. The fraction of sp³-hybridized carbons (Fsp3) is 0. The number of carbonyl (C=O) groups excluding carboxylic acids is 1. The van der Waals surface area contributed by atoms with E-state index in [2.05, 4.69) is 5.16 Å². The van der Waals surface area contributed by atoms with Crippen LogP contribution in [0.5, 0.6) is 0 Å². The van der Waals surface area contributed by atoms with Gasteiger partial charge in [0.1, 0.15) is 6.29 Å². The van der Waals surface area contributed by atoms with Crippen LogP contribution in [0.1, 0.15) is 15.9 Å². The van der Waals surface area contributed by atoms with Crippen molar-refractivity contribution in [2.45, 2.75) is 0 Å². The van der Waals surface area contributed by atoms with E-state index in [1.54, 1.807) is 24.3 Å². The molecule has 1 aromatic carbocycles. The van der Waals surface area contributed by atoms with Gasteiger partial charge in [-0.05, 0) is 5.56 Å². The Labute approximate surface area is 64.0 Å². The summed E-state index contributed by atoms with van der Waals surface area (Å²) in [7, 11) is 0. The van der Waals surface area contributed by atoms with Crippen LogP contribution in [-0.2, 0) is 0 Å². The highest BCUT2D eigenvalue weighted by Crippen LogP contribution is 1.99. The van der Waals surface area contributed by atoms with E-state index >= 15 is 0 Å². The molecule has 0 saturated carbocycles. The molecule has 1 N–H and O–H groups in total. The molecule has 0 spiro atoms. The summed E-state index contributed by atoms with van der Waals surface area (Å²) in [6.45, 7) is 0. The number of benzene rings is 1. The highest BCUT2D eigenvalue weighted by molar-refractivity contribution is 5.81. The number of nitrogens with zero attached hydrogens (tertiary/aromatic N) is 1. The normalized spacial score (nSPS) is 10.2. The van der Waals surface area contributed by atoms with E-state index in [1.165, 1.54) is 6.21 Å². The van der Waals surface area contributed by atoms with Gasteiger partial charge in [-0.1, -0.05) is 29.4 Å². The Kier molecular flexibility index (Phi) is 2.38. The lowest BCUT2D eigenvalue weighted by molar-refractivity contribution is 0.112. The topological polar surface area (TPSA) is 49.7 Å². The summed E-state index contributed by atoms with van der Waals surface area (Å²) in [5, 5.41) is 11.0.